The van der Waals surface area contributed by atoms with E-state index >= 15 is 0 Å². The van der Waals surface area contributed by atoms with E-state index in [1.807, 2.05) is 20.1 Å². The van der Waals surface area contributed by atoms with Gasteiger partial charge in [0.1, 0.15) is 0 Å². The molecule has 0 aromatic heterocycles. The lowest BCUT2D eigenvalue weighted by Gasteiger charge is -2.12. The molecule has 1 rings (SSSR count). The lowest BCUT2D eigenvalue weighted by atomic mass is 10.0. The van der Waals surface area contributed by atoms with Gasteiger partial charge in [0.05, 0.1) is 0 Å². The molecule has 0 atom stereocenters. The van der Waals surface area contributed by atoms with Crippen LogP contribution in [0.2, 0.25) is 0 Å². The minimum Gasteiger partial charge on any atom is -0.352 e. The highest BCUT2D eigenvalue weighted by Crippen LogP contribution is 2.12. The smallest absolute Gasteiger partial charge is 0.251 e. The first-order valence-corrected chi connectivity index (χ1v) is 12.0. The zero-order valence-corrected chi connectivity index (χ0v) is 18.7. The fourth-order valence-corrected chi connectivity index (χ4v) is 3.14. The summed E-state index contributed by atoms with van der Waals surface area (Å²) in [6.07, 6.45) is 1.98. The van der Waals surface area contributed by atoms with Crippen molar-refractivity contribution in [2.24, 2.45) is 5.92 Å². The molecule has 1 aromatic rings. The quantitative estimate of drug-likeness (QED) is 0.448. The molecule has 0 radical (unpaired) electrons. The predicted octanol–water partition coefficient (Wildman–Crippen LogP) is 2.53. The average molecular weight is 426 g/mol. The molecule has 3 amide bonds. The van der Waals surface area contributed by atoms with E-state index in [4.69, 9.17) is 0 Å². The van der Waals surface area contributed by atoms with Crippen LogP contribution in [0.3, 0.4) is 0 Å². The molecule has 156 valence electrons. The Hall–Kier alpha value is -1.67. The van der Waals surface area contributed by atoms with Gasteiger partial charge < -0.3 is 16.0 Å². The summed E-state index contributed by atoms with van der Waals surface area (Å²) in [5.74, 6) is 2.02. The Morgan fingerprint density at radius 3 is 2.00 bits per heavy atom. The van der Waals surface area contributed by atoms with Gasteiger partial charge in [0, 0.05) is 48.2 Å². The van der Waals surface area contributed by atoms with Crippen molar-refractivity contribution < 1.29 is 14.4 Å². The van der Waals surface area contributed by atoms with E-state index in [2.05, 4.69) is 22.9 Å². The Morgan fingerprint density at radius 1 is 0.929 bits per heavy atom. The number of carbonyl (C=O) groups excluding carboxylic acids is 3. The van der Waals surface area contributed by atoms with Gasteiger partial charge in [-0.15, -0.1) is 0 Å². The highest BCUT2D eigenvalue weighted by Gasteiger charge is 2.14. The van der Waals surface area contributed by atoms with Gasteiger partial charge in [-0.3, -0.25) is 14.4 Å². The molecule has 0 saturated heterocycles. The highest BCUT2D eigenvalue weighted by molar-refractivity contribution is 7.99. The van der Waals surface area contributed by atoms with E-state index < -0.39 is 0 Å². The third-order valence-corrected chi connectivity index (χ3v) is 5.35. The Kier molecular flexibility index (Phi) is 11.7. The molecule has 0 aliphatic heterocycles. The molecule has 0 fully saturated rings. The highest BCUT2D eigenvalue weighted by atomic mass is 32.2. The fourth-order valence-electron chi connectivity index (χ4n) is 2.30. The van der Waals surface area contributed by atoms with E-state index in [0.29, 0.717) is 24.2 Å². The second-order valence-electron chi connectivity index (χ2n) is 6.49. The molecule has 1 aromatic carbocycles. The number of rotatable bonds is 12. The number of carbonyl (C=O) groups is 3. The van der Waals surface area contributed by atoms with Crippen molar-refractivity contribution in [1.29, 1.82) is 0 Å². The summed E-state index contributed by atoms with van der Waals surface area (Å²) in [6, 6.07) is 5.05. The number of hydrogen-bond acceptors (Lipinski definition) is 5. The molecule has 0 saturated carbocycles. The monoisotopic (exact) mass is 425 g/mol. The number of amides is 3. The molecule has 0 heterocycles. The van der Waals surface area contributed by atoms with Crippen molar-refractivity contribution in [1.82, 2.24) is 16.0 Å². The number of thioether (sulfide) groups is 2. The Bertz CT molecular complexity index is 666. The van der Waals surface area contributed by atoms with Gasteiger partial charge in [0.15, 0.2) is 0 Å². The van der Waals surface area contributed by atoms with Gasteiger partial charge in [-0.1, -0.05) is 20.8 Å². The van der Waals surface area contributed by atoms with E-state index in [1.165, 1.54) is 0 Å². The maximum absolute atomic E-state index is 12.5. The van der Waals surface area contributed by atoms with Crippen molar-refractivity contribution >= 4 is 41.2 Å². The molecular formula is C20H31N3O3S2. The molecule has 0 bridgehead atoms. The van der Waals surface area contributed by atoms with Crippen LogP contribution in [0, 0.1) is 5.92 Å². The Morgan fingerprint density at radius 2 is 1.50 bits per heavy atom. The normalized spacial score (nSPS) is 10.6. The zero-order valence-electron chi connectivity index (χ0n) is 17.1. The van der Waals surface area contributed by atoms with Crippen molar-refractivity contribution in [2.75, 3.05) is 36.6 Å². The van der Waals surface area contributed by atoms with Crippen LogP contribution in [-0.2, 0) is 11.3 Å². The first-order chi connectivity index (χ1) is 13.4. The van der Waals surface area contributed by atoms with Crippen LogP contribution < -0.4 is 16.0 Å². The van der Waals surface area contributed by atoms with Gasteiger partial charge in [0.25, 0.3) is 11.8 Å². The molecule has 0 aliphatic rings. The van der Waals surface area contributed by atoms with Crippen molar-refractivity contribution in [3.63, 3.8) is 0 Å². The van der Waals surface area contributed by atoms with Crippen LogP contribution in [0.15, 0.2) is 18.2 Å². The average Bonchev–Trinajstić information content (AvgIpc) is 2.68. The molecule has 6 nitrogen and oxygen atoms in total. The van der Waals surface area contributed by atoms with Gasteiger partial charge in [-0.2, -0.15) is 23.5 Å². The van der Waals surface area contributed by atoms with Crippen LogP contribution in [0.1, 0.15) is 47.1 Å². The third kappa shape index (κ3) is 9.01. The summed E-state index contributed by atoms with van der Waals surface area (Å²) in [4.78, 5) is 36.8. The summed E-state index contributed by atoms with van der Waals surface area (Å²) in [5, 5.41) is 8.57. The van der Waals surface area contributed by atoms with Gasteiger partial charge >= 0.3 is 0 Å². The van der Waals surface area contributed by atoms with Crippen LogP contribution in [0.5, 0.6) is 0 Å². The number of nitrogens with one attached hydrogen (secondary N) is 3. The van der Waals surface area contributed by atoms with Crippen LogP contribution in [0.4, 0.5) is 0 Å². The van der Waals surface area contributed by atoms with Gasteiger partial charge in [-0.25, -0.2) is 0 Å². The molecule has 3 N–H and O–H groups in total. The predicted molar refractivity (Wildman–Crippen MR) is 119 cm³/mol. The van der Waals surface area contributed by atoms with E-state index in [0.717, 1.165) is 22.8 Å². The maximum Gasteiger partial charge on any atom is 0.251 e. The third-order valence-electron chi connectivity index (χ3n) is 3.84. The van der Waals surface area contributed by atoms with Crippen LogP contribution in [-0.4, -0.2) is 54.3 Å². The minimum atomic E-state index is -0.221. The molecular weight excluding hydrogens is 394 g/mol. The Labute approximate surface area is 176 Å². The van der Waals surface area contributed by atoms with E-state index in [9.17, 15) is 14.4 Å². The molecule has 28 heavy (non-hydrogen) atoms. The molecule has 8 heteroatoms. The van der Waals surface area contributed by atoms with Gasteiger partial charge in [-0.05, 0) is 35.8 Å². The second kappa shape index (κ2) is 13.5. The standard InChI is InChI=1S/C20H31N3O3S2/c1-5-28-9-7-22-20(26)17-11-15(13-23-18(24)14(2)3)10-16(12-17)19(25)21-6-8-27-4/h10-12,14H,5-9,13H2,1-4H3,(H,21,25)(H,22,26)(H,23,24). The summed E-state index contributed by atoms with van der Waals surface area (Å²) < 4.78 is 0. The largest absolute Gasteiger partial charge is 0.352 e. The van der Waals surface area contributed by atoms with Crippen molar-refractivity contribution in [3.8, 4) is 0 Å². The molecule has 0 spiro atoms. The summed E-state index contributed by atoms with van der Waals surface area (Å²) in [6.45, 7) is 7.11. The topological polar surface area (TPSA) is 87.3 Å². The van der Waals surface area contributed by atoms with Gasteiger partial charge in [0.2, 0.25) is 5.91 Å². The first-order valence-electron chi connectivity index (χ1n) is 9.43. The summed E-state index contributed by atoms with van der Waals surface area (Å²) in [5.41, 5.74) is 1.57. The van der Waals surface area contributed by atoms with E-state index in [-0.39, 0.29) is 30.2 Å². The van der Waals surface area contributed by atoms with Crippen molar-refractivity contribution in [3.05, 3.63) is 34.9 Å². The fraction of sp³-hybridized carbons (Fsp3) is 0.550. The SMILES string of the molecule is CCSCCNC(=O)c1cc(CNC(=O)C(C)C)cc(C(=O)NCCSC)c1. The lowest BCUT2D eigenvalue weighted by Crippen LogP contribution is -2.30. The number of hydrogen-bond donors (Lipinski definition) is 3. The van der Waals surface area contributed by atoms with Crippen LogP contribution >= 0.6 is 23.5 Å². The summed E-state index contributed by atoms with van der Waals surface area (Å²) >= 11 is 3.40. The lowest BCUT2D eigenvalue weighted by molar-refractivity contribution is -0.124. The maximum atomic E-state index is 12.5. The zero-order chi connectivity index (χ0) is 20.9. The second-order valence-corrected chi connectivity index (χ2v) is 8.87. The van der Waals surface area contributed by atoms with Crippen LogP contribution in [0.25, 0.3) is 0 Å². The molecule has 0 unspecified atom stereocenters. The minimum absolute atomic E-state index is 0.0718. The first kappa shape index (κ1) is 24.4. The summed E-state index contributed by atoms with van der Waals surface area (Å²) in [7, 11) is 0. The van der Waals surface area contributed by atoms with Crippen molar-refractivity contribution in [2.45, 2.75) is 27.3 Å². The Balaban J connectivity index is 2.94. The number of benzene rings is 1. The molecule has 0 aliphatic carbocycles. The van der Waals surface area contributed by atoms with E-state index in [1.54, 1.807) is 41.7 Å².